The molecule has 0 saturated carbocycles. The van der Waals surface area contributed by atoms with E-state index in [9.17, 15) is 0 Å². The Labute approximate surface area is 118 Å². The van der Waals surface area contributed by atoms with Crippen molar-refractivity contribution in [3.63, 3.8) is 0 Å². The van der Waals surface area contributed by atoms with Crippen molar-refractivity contribution in [3.8, 4) is 11.5 Å². The Bertz CT molecular complexity index is 413. The Morgan fingerprint density at radius 1 is 1.21 bits per heavy atom. The molecule has 0 aliphatic rings. The summed E-state index contributed by atoms with van der Waals surface area (Å²) in [6.07, 6.45) is 0.679. The zero-order valence-electron chi connectivity index (χ0n) is 11.2. The van der Waals surface area contributed by atoms with Gasteiger partial charge < -0.3 is 25.2 Å². The minimum atomic E-state index is 0.158. The highest BCUT2D eigenvalue weighted by Crippen LogP contribution is 2.27. The molecule has 0 unspecified atom stereocenters. The number of rotatable bonds is 7. The van der Waals surface area contributed by atoms with Crippen molar-refractivity contribution in [2.75, 3.05) is 27.4 Å². The van der Waals surface area contributed by atoms with Crippen molar-refractivity contribution in [1.29, 1.82) is 0 Å². The lowest BCUT2D eigenvalue weighted by atomic mass is 10.2. The van der Waals surface area contributed by atoms with Crippen molar-refractivity contribution < 1.29 is 14.6 Å². The molecule has 0 heterocycles. The smallest absolute Gasteiger partial charge is 0.166 e. The van der Waals surface area contributed by atoms with Crippen LogP contribution in [0.5, 0.6) is 11.5 Å². The number of aliphatic hydroxyl groups excluding tert-OH is 1. The van der Waals surface area contributed by atoms with Crippen LogP contribution in [0, 0.1) is 0 Å². The Kier molecular flexibility index (Phi) is 6.99. The first kappa shape index (κ1) is 15.5. The average Bonchev–Trinajstić information content (AvgIpc) is 2.45. The van der Waals surface area contributed by atoms with Gasteiger partial charge in [-0.1, -0.05) is 6.07 Å². The summed E-state index contributed by atoms with van der Waals surface area (Å²) in [6.45, 7) is 1.42. The van der Waals surface area contributed by atoms with Gasteiger partial charge in [-0.05, 0) is 36.3 Å². The van der Waals surface area contributed by atoms with Crippen molar-refractivity contribution in [2.24, 2.45) is 0 Å². The zero-order chi connectivity index (χ0) is 14.1. The van der Waals surface area contributed by atoms with Crippen LogP contribution in [0.25, 0.3) is 0 Å². The van der Waals surface area contributed by atoms with Crippen LogP contribution in [0.3, 0.4) is 0 Å². The van der Waals surface area contributed by atoms with Gasteiger partial charge in [0.15, 0.2) is 16.6 Å². The molecule has 0 spiro atoms. The summed E-state index contributed by atoms with van der Waals surface area (Å²) >= 11 is 5.12. The van der Waals surface area contributed by atoms with Gasteiger partial charge in [0.25, 0.3) is 0 Å². The van der Waals surface area contributed by atoms with Gasteiger partial charge in [0, 0.05) is 19.7 Å². The Morgan fingerprint density at radius 3 is 2.58 bits per heavy atom. The lowest BCUT2D eigenvalue weighted by Gasteiger charge is -2.12. The van der Waals surface area contributed by atoms with E-state index in [1.165, 1.54) is 0 Å². The van der Waals surface area contributed by atoms with Gasteiger partial charge in [0.05, 0.1) is 14.2 Å². The fraction of sp³-hybridized carbons (Fsp3) is 0.462. The second kappa shape index (κ2) is 8.55. The van der Waals surface area contributed by atoms with E-state index in [1.54, 1.807) is 14.2 Å². The molecule has 0 aromatic heterocycles. The molecule has 0 fully saturated rings. The van der Waals surface area contributed by atoms with Gasteiger partial charge in [-0.2, -0.15) is 0 Å². The quantitative estimate of drug-likeness (QED) is 0.514. The van der Waals surface area contributed by atoms with Gasteiger partial charge in [0.2, 0.25) is 0 Å². The highest BCUT2D eigenvalue weighted by Gasteiger charge is 2.04. The number of nitrogens with one attached hydrogen (secondary N) is 2. The van der Waals surface area contributed by atoms with Crippen molar-refractivity contribution >= 4 is 17.3 Å². The third-order valence-corrected chi connectivity index (χ3v) is 2.81. The fourth-order valence-electron chi connectivity index (χ4n) is 1.52. The number of hydrogen-bond acceptors (Lipinski definition) is 4. The van der Waals surface area contributed by atoms with Crippen LogP contribution in [0.2, 0.25) is 0 Å². The second-order valence-electron chi connectivity index (χ2n) is 3.88. The first-order valence-electron chi connectivity index (χ1n) is 6.04. The van der Waals surface area contributed by atoms with Gasteiger partial charge in [-0.3, -0.25) is 0 Å². The summed E-state index contributed by atoms with van der Waals surface area (Å²) < 4.78 is 10.4. The van der Waals surface area contributed by atoms with E-state index in [-0.39, 0.29) is 6.61 Å². The highest BCUT2D eigenvalue weighted by molar-refractivity contribution is 7.80. The Morgan fingerprint density at radius 2 is 1.95 bits per heavy atom. The number of hydrogen-bond donors (Lipinski definition) is 3. The van der Waals surface area contributed by atoms with E-state index in [0.29, 0.717) is 36.1 Å². The first-order valence-corrected chi connectivity index (χ1v) is 6.45. The number of benzene rings is 1. The predicted octanol–water partition coefficient (Wildman–Crippen LogP) is 1.05. The molecule has 3 N–H and O–H groups in total. The van der Waals surface area contributed by atoms with Crippen molar-refractivity contribution in [1.82, 2.24) is 10.6 Å². The maximum atomic E-state index is 8.66. The van der Waals surface area contributed by atoms with Crippen molar-refractivity contribution in [2.45, 2.75) is 13.0 Å². The minimum absolute atomic E-state index is 0.158. The summed E-state index contributed by atoms with van der Waals surface area (Å²) in [6, 6.07) is 5.71. The summed E-state index contributed by atoms with van der Waals surface area (Å²) in [5.41, 5.74) is 1.05. The summed E-state index contributed by atoms with van der Waals surface area (Å²) in [5.74, 6) is 1.40. The van der Waals surface area contributed by atoms with Crippen LogP contribution < -0.4 is 20.1 Å². The molecule has 1 aromatic rings. The molecule has 0 saturated heterocycles. The van der Waals surface area contributed by atoms with E-state index in [4.69, 9.17) is 26.8 Å². The molecule has 0 amide bonds. The molecule has 6 heteroatoms. The molecular weight excluding hydrogens is 264 g/mol. The zero-order valence-corrected chi connectivity index (χ0v) is 12.0. The first-order chi connectivity index (χ1) is 9.21. The molecule has 1 rings (SSSR count). The summed E-state index contributed by atoms with van der Waals surface area (Å²) in [5, 5.41) is 15.3. The third kappa shape index (κ3) is 5.32. The van der Waals surface area contributed by atoms with Gasteiger partial charge in [-0.15, -0.1) is 0 Å². The molecule has 1 aromatic carbocycles. The van der Waals surface area contributed by atoms with Crippen LogP contribution in [0.15, 0.2) is 18.2 Å². The second-order valence-corrected chi connectivity index (χ2v) is 4.28. The van der Waals surface area contributed by atoms with E-state index in [0.717, 1.165) is 5.56 Å². The van der Waals surface area contributed by atoms with E-state index in [1.807, 2.05) is 18.2 Å². The average molecular weight is 284 g/mol. The maximum Gasteiger partial charge on any atom is 0.166 e. The normalized spacial score (nSPS) is 9.84. The molecular formula is C13H20N2O3S. The van der Waals surface area contributed by atoms with Crippen LogP contribution in [-0.4, -0.2) is 37.6 Å². The number of methoxy groups -OCH3 is 2. The van der Waals surface area contributed by atoms with Gasteiger partial charge in [-0.25, -0.2) is 0 Å². The number of ether oxygens (including phenoxy) is 2. The Hall–Kier alpha value is -1.53. The van der Waals surface area contributed by atoms with E-state index in [2.05, 4.69) is 10.6 Å². The number of thiocarbonyl (C=S) groups is 1. The SMILES string of the molecule is COc1ccc(CNC(=S)NCCCO)cc1OC. The largest absolute Gasteiger partial charge is 0.493 e. The summed E-state index contributed by atoms with van der Waals surface area (Å²) in [7, 11) is 3.21. The summed E-state index contributed by atoms with van der Waals surface area (Å²) in [4.78, 5) is 0. The third-order valence-electron chi connectivity index (χ3n) is 2.52. The minimum Gasteiger partial charge on any atom is -0.493 e. The molecule has 0 bridgehead atoms. The maximum absolute atomic E-state index is 8.66. The molecule has 0 radical (unpaired) electrons. The van der Waals surface area contributed by atoms with Crippen LogP contribution >= 0.6 is 12.2 Å². The van der Waals surface area contributed by atoms with Crippen LogP contribution in [-0.2, 0) is 6.54 Å². The molecule has 106 valence electrons. The van der Waals surface area contributed by atoms with E-state index >= 15 is 0 Å². The lowest BCUT2D eigenvalue weighted by molar-refractivity contribution is 0.289. The lowest BCUT2D eigenvalue weighted by Crippen LogP contribution is -2.35. The molecule has 0 aliphatic carbocycles. The fourth-order valence-corrected chi connectivity index (χ4v) is 1.69. The monoisotopic (exact) mass is 284 g/mol. The van der Waals surface area contributed by atoms with Crippen LogP contribution in [0.4, 0.5) is 0 Å². The van der Waals surface area contributed by atoms with Gasteiger partial charge in [0.1, 0.15) is 0 Å². The van der Waals surface area contributed by atoms with Crippen LogP contribution in [0.1, 0.15) is 12.0 Å². The van der Waals surface area contributed by atoms with E-state index < -0.39 is 0 Å². The topological polar surface area (TPSA) is 62.8 Å². The van der Waals surface area contributed by atoms with Gasteiger partial charge >= 0.3 is 0 Å². The standard InChI is InChI=1S/C13H20N2O3S/c1-17-11-5-4-10(8-12(11)18-2)9-15-13(19)14-6-3-7-16/h4-5,8,16H,3,6-7,9H2,1-2H3,(H2,14,15,19). The highest BCUT2D eigenvalue weighted by atomic mass is 32.1. The predicted molar refractivity (Wildman–Crippen MR) is 78.7 cm³/mol. The number of aliphatic hydroxyl groups is 1. The molecule has 19 heavy (non-hydrogen) atoms. The molecule has 0 atom stereocenters. The Balaban J connectivity index is 2.47. The molecule has 0 aliphatic heterocycles. The van der Waals surface area contributed by atoms with Crippen molar-refractivity contribution in [3.05, 3.63) is 23.8 Å². The molecule has 5 nitrogen and oxygen atoms in total.